The number of alkyl halides is 3. The quantitative estimate of drug-likeness (QED) is 0.633. The molecule has 2 aromatic heterocycles. The molecule has 0 aliphatic heterocycles. The summed E-state index contributed by atoms with van der Waals surface area (Å²) in [4.78, 5) is 13.3. The first-order valence-corrected chi connectivity index (χ1v) is 8.53. The highest BCUT2D eigenvalue weighted by atomic mass is 32.1. The Morgan fingerprint density at radius 3 is 2.65 bits per heavy atom. The minimum atomic E-state index is -4.41. The van der Waals surface area contributed by atoms with Gasteiger partial charge in [0.25, 0.3) is 0 Å². The van der Waals surface area contributed by atoms with Gasteiger partial charge in [0.2, 0.25) is 0 Å². The van der Waals surface area contributed by atoms with Crippen LogP contribution in [0.3, 0.4) is 0 Å². The molecule has 0 aromatic carbocycles. The van der Waals surface area contributed by atoms with E-state index in [0.717, 1.165) is 26.6 Å². The predicted octanol–water partition coefficient (Wildman–Crippen LogP) is 3.18. The zero-order valence-electron chi connectivity index (χ0n) is 12.6. The molecule has 0 aliphatic carbocycles. The van der Waals surface area contributed by atoms with Crippen molar-refractivity contribution in [2.24, 2.45) is 4.99 Å². The summed E-state index contributed by atoms with van der Waals surface area (Å²) in [7, 11) is 0. The number of halogens is 3. The van der Waals surface area contributed by atoms with E-state index in [4.69, 9.17) is 0 Å². The summed E-state index contributed by atoms with van der Waals surface area (Å²) in [5, 5.41) is 8.26. The second-order valence-corrected chi connectivity index (χ2v) is 6.80. The molecular weight excluding hydrogens is 347 g/mol. The molecule has 0 bridgehead atoms. The van der Waals surface area contributed by atoms with E-state index in [1.165, 1.54) is 0 Å². The predicted molar refractivity (Wildman–Crippen MR) is 85.6 cm³/mol. The highest BCUT2D eigenvalue weighted by Crippen LogP contribution is 2.29. The first kappa shape index (κ1) is 17.7. The summed E-state index contributed by atoms with van der Waals surface area (Å²) in [6.45, 7) is 5.13. The van der Waals surface area contributed by atoms with Crippen molar-refractivity contribution in [3.63, 3.8) is 0 Å². The Kier molecular flexibility index (Phi) is 5.94. The molecule has 0 aliphatic rings. The Morgan fingerprint density at radius 2 is 2.09 bits per heavy atom. The molecule has 0 atom stereocenters. The number of nitrogens with one attached hydrogen (secondary N) is 2. The van der Waals surface area contributed by atoms with Crippen molar-refractivity contribution in [3.8, 4) is 0 Å². The third kappa shape index (κ3) is 5.47. The normalized spacial score (nSPS) is 12.5. The molecular formula is C13H16F3N5S2. The van der Waals surface area contributed by atoms with E-state index in [-0.39, 0.29) is 6.54 Å². The van der Waals surface area contributed by atoms with Gasteiger partial charge in [-0.25, -0.2) is 15.0 Å². The van der Waals surface area contributed by atoms with Gasteiger partial charge >= 0.3 is 6.18 Å². The summed E-state index contributed by atoms with van der Waals surface area (Å²) in [5.74, 6) is 0.518. The Morgan fingerprint density at radius 1 is 1.30 bits per heavy atom. The molecule has 5 nitrogen and oxygen atoms in total. The van der Waals surface area contributed by atoms with Gasteiger partial charge in [-0.15, -0.1) is 22.7 Å². The van der Waals surface area contributed by atoms with Crippen LogP contribution in [0.1, 0.15) is 27.5 Å². The van der Waals surface area contributed by atoms with Crippen molar-refractivity contribution < 1.29 is 13.2 Å². The van der Waals surface area contributed by atoms with E-state index < -0.39 is 11.9 Å². The molecule has 0 radical (unpaired) electrons. The highest BCUT2D eigenvalue weighted by molar-refractivity contribution is 7.11. The van der Waals surface area contributed by atoms with Gasteiger partial charge in [-0.05, 0) is 13.8 Å². The van der Waals surface area contributed by atoms with Crippen LogP contribution in [-0.2, 0) is 19.3 Å². The second kappa shape index (κ2) is 7.73. The molecule has 2 rings (SSSR count). The lowest BCUT2D eigenvalue weighted by atomic mass is 10.5. The number of aromatic nitrogens is 2. The van der Waals surface area contributed by atoms with Crippen molar-refractivity contribution in [3.05, 3.63) is 32.2 Å². The van der Waals surface area contributed by atoms with Crippen LogP contribution in [0.15, 0.2) is 16.6 Å². The average Bonchev–Trinajstić information content (AvgIpc) is 3.10. The van der Waals surface area contributed by atoms with Crippen LogP contribution < -0.4 is 10.6 Å². The number of guanidine groups is 1. The van der Waals surface area contributed by atoms with Crippen molar-refractivity contribution in [2.45, 2.75) is 33.1 Å². The molecule has 0 fully saturated rings. The summed E-state index contributed by atoms with van der Waals surface area (Å²) in [6.07, 6.45) is -2.62. The number of rotatable bonds is 5. The molecule has 23 heavy (non-hydrogen) atoms. The fraction of sp³-hybridized carbons (Fsp3) is 0.462. The second-order valence-electron chi connectivity index (χ2n) is 4.54. The van der Waals surface area contributed by atoms with E-state index >= 15 is 0 Å². The van der Waals surface area contributed by atoms with Gasteiger partial charge in [0.1, 0.15) is 10.0 Å². The standard InChI is InChI=1S/C13H16F3N5S2/c1-3-17-12(19-5-10-18-4-8(2)23-10)20-6-11-21-9(7-22-11)13(14,15)16/h4,7H,3,5-6H2,1-2H3,(H2,17,19,20). The largest absolute Gasteiger partial charge is 0.434 e. The number of thiazole rings is 2. The number of aliphatic imine (C=N–C) groups is 1. The molecule has 2 N–H and O–H groups in total. The maximum absolute atomic E-state index is 12.5. The highest BCUT2D eigenvalue weighted by Gasteiger charge is 2.33. The maximum Gasteiger partial charge on any atom is 0.434 e. The lowest BCUT2D eigenvalue weighted by molar-refractivity contribution is -0.140. The number of nitrogens with zero attached hydrogens (tertiary/aromatic N) is 3. The fourth-order valence-corrected chi connectivity index (χ4v) is 3.10. The van der Waals surface area contributed by atoms with Crippen LogP contribution in [0.4, 0.5) is 13.2 Å². The van der Waals surface area contributed by atoms with Crippen LogP contribution >= 0.6 is 22.7 Å². The van der Waals surface area contributed by atoms with Gasteiger partial charge in [-0.2, -0.15) is 13.2 Å². The molecule has 2 heterocycles. The Labute approximate surface area is 139 Å². The summed E-state index contributed by atoms with van der Waals surface area (Å²) in [6, 6.07) is 0. The molecule has 0 saturated heterocycles. The van der Waals surface area contributed by atoms with Crippen LogP contribution in [-0.4, -0.2) is 22.5 Å². The van der Waals surface area contributed by atoms with E-state index in [1.807, 2.05) is 13.8 Å². The molecule has 0 spiro atoms. The molecule has 0 amide bonds. The van der Waals surface area contributed by atoms with E-state index in [9.17, 15) is 13.2 Å². The Bertz CT molecular complexity index is 663. The molecule has 0 unspecified atom stereocenters. The van der Waals surface area contributed by atoms with Crippen molar-refractivity contribution in [2.75, 3.05) is 6.54 Å². The van der Waals surface area contributed by atoms with Crippen LogP contribution in [0.25, 0.3) is 0 Å². The van der Waals surface area contributed by atoms with Crippen LogP contribution in [0.2, 0.25) is 0 Å². The Balaban J connectivity index is 1.95. The SMILES string of the molecule is CCNC(=NCc1ncc(C)s1)NCc1nc(C(F)(F)F)cs1. The Hall–Kier alpha value is -1.68. The average molecular weight is 363 g/mol. The van der Waals surface area contributed by atoms with Gasteiger partial charge in [0.05, 0.1) is 13.1 Å². The van der Waals surface area contributed by atoms with E-state index in [0.29, 0.717) is 24.1 Å². The topological polar surface area (TPSA) is 62.2 Å². The van der Waals surface area contributed by atoms with Crippen molar-refractivity contribution >= 4 is 28.6 Å². The first-order valence-electron chi connectivity index (χ1n) is 6.83. The third-order valence-corrected chi connectivity index (χ3v) is 4.38. The lowest BCUT2D eigenvalue weighted by Gasteiger charge is -2.09. The maximum atomic E-state index is 12.5. The molecule has 2 aromatic rings. The zero-order valence-corrected chi connectivity index (χ0v) is 14.2. The smallest absolute Gasteiger partial charge is 0.357 e. The monoisotopic (exact) mass is 363 g/mol. The summed E-state index contributed by atoms with van der Waals surface area (Å²) >= 11 is 2.53. The number of aryl methyl sites for hydroxylation is 1. The third-order valence-electron chi connectivity index (χ3n) is 2.64. The first-order chi connectivity index (χ1) is 10.9. The van der Waals surface area contributed by atoms with Gasteiger partial charge in [-0.3, -0.25) is 0 Å². The zero-order chi connectivity index (χ0) is 16.9. The van der Waals surface area contributed by atoms with Gasteiger partial charge in [-0.1, -0.05) is 0 Å². The minimum absolute atomic E-state index is 0.184. The number of hydrogen-bond acceptors (Lipinski definition) is 5. The summed E-state index contributed by atoms with van der Waals surface area (Å²) in [5.41, 5.74) is -0.862. The fourth-order valence-electron chi connectivity index (χ4n) is 1.64. The molecule has 0 saturated carbocycles. The van der Waals surface area contributed by atoms with E-state index in [2.05, 4.69) is 25.6 Å². The van der Waals surface area contributed by atoms with Gasteiger partial charge in [0.15, 0.2) is 11.7 Å². The minimum Gasteiger partial charge on any atom is -0.357 e. The van der Waals surface area contributed by atoms with Crippen LogP contribution in [0, 0.1) is 6.92 Å². The van der Waals surface area contributed by atoms with E-state index in [1.54, 1.807) is 17.5 Å². The number of hydrogen-bond donors (Lipinski definition) is 2. The lowest BCUT2D eigenvalue weighted by Crippen LogP contribution is -2.36. The summed E-state index contributed by atoms with van der Waals surface area (Å²) < 4.78 is 37.5. The molecule has 126 valence electrons. The van der Waals surface area contributed by atoms with Gasteiger partial charge in [0, 0.05) is 23.0 Å². The van der Waals surface area contributed by atoms with Crippen molar-refractivity contribution in [1.29, 1.82) is 0 Å². The molecule has 10 heteroatoms. The van der Waals surface area contributed by atoms with Gasteiger partial charge < -0.3 is 10.6 Å². The van der Waals surface area contributed by atoms with Crippen LogP contribution in [0.5, 0.6) is 0 Å². The van der Waals surface area contributed by atoms with Crippen molar-refractivity contribution in [1.82, 2.24) is 20.6 Å².